The fraction of sp³-hybridized carbons (Fsp3) is 0.250. The highest BCUT2D eigenvalue weighted by Crippen LogP contribution is 2.26. The Kier molecular flexibility index (Phi) is 4.36. The van der Waals surface area contributed by atoms with E-state index in [0.29, 0.717) is 5.02 Å². The molecule has 0 aliphatic rings. The van der Waals surface area contributed by atoms with Crippen molar-refractivity contribution in [2.24, 2.45) is 0 Å². The Balaban J connectivity index is 3.05. The van der Waals surface area contributed by atoms with Crippen molar-refractivity contribution in [3.8, 4) is 0 Å². The maximum atomic E-state index is 11.5. The normalized spacial score (nSPS) is 11.7. The molecule has 0 bridgehead atoms. The molecule has 0 aliphatic carbocycles. The molecule has 0 saturated carbocycles. The molecule has 0 heterocycles. The van der Waals surface area contributed by atoms with Crippen LogP contribution in [0.5, 0.6) is 0 Å². The minimum absolute atomic E-state index is 0.0135. The molecule has 0 aliphatic heterocycles. The lowest BCUT2D eigenvalue weighted by Gasteiger charge is -2.05. The van der Waals surface area contributed by atoms with E-state index in [1.54, 1.807) is 0 Å². The third-order valence-corrected chi connectivity index (χ3v) is 3.52. The third-order valence-electron chi connectivity index (χ3n) is 1.49. The molecule has 0 amide bonds. The van der Waals surface area contributed by atoms with Crippen LogP contribution in [0.25, 0.3) is 0 Å². The molecule has 0 spiro atoms. The lowest BCUT2D eigenvalue weighted by Crippen LogP contribution is -2.10. The maximum absolute atomic E-state index is 11.5. The van der Waals surface area contributed by atoms with Crippen LogP contribution in [0.4, 0.5) is 0 Å². The van der Waals surface area contributed by atoms with Crippen LogP contribution in [0.1, 0.15) is 0 Å². The number of halogens is 2. The van der Waals surface area contributed by atoms with Crippen LogP contribution in [-0.4, -0.2) is 26.7 Å². The van der Waals surface area contributed by atoms with Crippen LogP contribution in [0.2, 0.25) is 10.0 Å². The van der Waals surface area contributed by atoms with E-state index >= 15 is 0 Å². The summed E-state index contributed by atoms with van der Waals surface area (Å²) in [6, 6.07) is 3.94. The monoisotopic (exact) mass is 270 g/mol. The minimum atomic E-state index is -3.92. The largest absolute Gasteiger partial charge is 0.394 e. The Bertz CT molecular complexity index is 444. The topological polar surface area (TPSA) is 63.6 Å². The smallest absolute Gasteiger partial charge is 0.298 e. The Morgan fingerprint density at radius 1 is 1.33 bits per heavy atom. The molecule has 4 nitrogen and oxygen atoms in total. The summed E-state index contributed by atoms with van der Waals surface area (Å²) in [5.41, 5.74) is 0. The summed E-state index contributed by atoms with van der Waals surface area (Å²) in [6.45, 7) is -0.689. The van der Waals surface area contributed by atoms with Crippen LogP contribution < -0.4 is 0 Å². The first-order valence-electron chi connectivity index (χ1n) is 3.93. The average molecular weight is 271 g/mol. The van der Waals surface area contributed by atoms with Crippen molar-refractivity contribution in [3.63, 3.8) is 0 Å². The van der Waals surface area contributed by atoms with Crippen molar-refractivity contribution in [3.05, 3.63) is 28.2 Å². The molecule has 1 rings (SSSR count). The number of aliphatic hydroxyl groups is 1. The predicted octanol–water partition coefficient (Wildman–Crippen LogP) is 1.69. The highest BCUT2D eigenvalue weighted by atomic mass is 35.5. The van der Waals surface area contributed by atoms with E-state index in [0.717, 1.165) is 0 Å². The highest BCUT2D eigenvalue weighted by Gasteiger charge is 2.18. The second-order valence-electron chi connectivity index (χ2n) is 2.57. The Labute approximate surface area is 97.5 Å². The van der Waals surface area contributed by atoms with Crippen molar-refractivity contribution < 1.29 is 17.7 Å². The fourth-order valence-corrected chi connectivity index (χ4v) is 2.53. The van der Waals surface area contributed by atoms with E-state index in [-0.39, 0.29) is 23.1 Å². The molecule has 0 radical (unpaired) electrons. The van der Waals surface area contributed by atoms with E-state index in [1.807, 2.05) is 0 Å². The van der Waals surface area contributed by atoms with Gasteiger partial charge in [0.15, 0.2) is 0 Å². The van der Waals surface area contributed by atoms with E-state index in [9.17, 15) is 8.42 Å². The van der Waals surface area contributed by atoms with Crippen molar-refractivity contribution in [1.29, 1.82) is 0 Å². The second kappa shape index (κ2) is 5.14. The molecule has 0 fully saturated rings. The minimum Gasteiger partial charge on any atom is -0.394 e. The van der Waals surface area contributed by atoms with Crippen molar-refractivity contribution >= 4 is 33.3 Å². The summed E-state index contributed by atoms with van der Waals surface area (Å²) in [5, 5.41) is 8.77. The van der Waals surface area contributed by atoms with Crippen molar-refractivity contribution in [2.45, 2.75) is 4.90 Å². The Morgan fingerprint density at radius 2 is 2.00 bits per heavy atom. The summed E-state index contributed by atoms with van der Waals surface area (Å²) in [4.78, 5) is -0.165. The molecule has 1 aromatic rings. The van der Waals surface area contributed by atoms with Gasteiger partial charge in [-0.15, -0.1) is 0 Å². The first-order valence-corrected chi connectivity index (χ1v) is 6.09. The van der Waals surface area contributed by atoms with Gasteiger partial charge in [0.2, 0.25) is 0 Å². The number of hydrogen-bond acceptors (Lipinski definition) is 4. The van der Waals surface area contributed by atoms with E-state index in [1.165, 1.54) is 18.2 Å². The lowest BCUT2D eigenvalue weighted by molar-refractivity contribution is 0.205. The SMILES string of the molecule is O=S(=O)(OCCO)c1ccc(Cl)cc1Cl. The van der Waals surface area contributed by atoms with Crippen LogP contribution >= 0.6 is 23.2 Å². The van der Waals surface area contributed by atoms with E-state index in [2.05, 4.69) is 4.18 Å². The zero-order valence-electron chi connectivity index (χ0n) is 7.48. The molecule has 0 aromatic heterocycles. The van der Waals surface area contributed by atoms with E-state index < -0.39 is 10.1 Å². The van der Waals surface area contributed by atoms with Gasteiger partial charge < -0.3 is 5.11 Å². The van der Waals surface area contributed by atoms with Gasteiger partial charge in [0.05, 0.1) is 18.2 Å². The number of rotatable bonds is 4. The predicted molar refractivity (Wildman–Crippen MR) is 56.7 cm³/mol. The van der Waals surface area contributed by atoms with Crippen LogP contribution in [0.3, 0.4) is 0 Å². The van der Waals surface area contributed by atoms with Crippen molar-refractivity contribution in [2.75, 3.05) is 13.2 Å². The summed E-state index contributed by atoms with van der Waals surface area (Å²) in [5.74, 6) is 0. The van der Waals surface area contributed by atoms with Crippen molar-refractivity contribution in [1.82, 2.24) is 0 Å². The number of aliphatic hydroxyl groups excluding tert-OH is 1. The van der Waals surface area contributed by atoms with Gasteiger partial charge in [-0.1, -0.05) is 23.2 Å². The molecule has 1 aromatic carbocycles. The van der Waals surface area contributed by atoms with Gasteiger partial charge in [-0.3, -0.25) is 4.18 Å². The molecular weight excluding hydrogens is 263 g/mol. The summed E-state index contributed by atoms with van der Waals surface area (Å²) in [7, 11) is -3.92. The fourth-order valence-electron chi connectivity index (χ4n) is 0.888. The summed E-state index contributed by atoms with van der Waals surface area (Å²) >= 11 is 11.3. The molecule has 7 heteroatoms. The van der Waals surface area contributed by atoms with Gasteiger partial charge in [0, 0.05) is 5.02 Å². The Hall–Kier alpha value is -0.330. The van der Waals surface area contributed by atoms with Crippen LogP contribution in [-0.2, 0) is 14.3 Å². The molecule has 15 heavy (non-hydrogen) atoms. The molecule has 0 atom stereocenters. The van der Waals surface area contributed by atoms with E-state index in [4.69, 9.17) is 28.3 Å². The van der Waals surface area contributed by atoms with Gasteiger partial charge in [-0.2, -0.15) is 8.42 Å². The zero-order valence-corrected chi connectivity index (χ0v) is 9.81. The second-order valence-corrected chi connectivity index (χ2v) is 5.00. The van der Waals surface area contributed by atoms with Gasteiger partial charge in [-0.05, 0) is 18.2 Å². The van der Waals surface area contributed by atoms with Crippen LogP contribution in [0.15, 0.2) is 23.1 Å². The standard InChI is InChI=1S/C8H8Cl2O4S/c9-6-1-2-8(7(10)5-6)15(12,13)14-4-3-11/h1-2,5,11H,3-4H2. The molecule has 84 valence electrons. The summed E-state index contributed by atoms with van der Waals surface area (Å²) < 4.78 is 27.4. The van der Waals surface area contributed by atoms with Gasteiger partial charge in [0.25, 0.3) is 10.1 Å². The van der Waals surface area contributed by atoms with Gasteiger partial charge in [-0.25, -0.2) is 0 Å². The Morgan fingerprint density at radius 3 is 2.53 bits per heavy atom. The molecule has 0 unspecified atom stereocenters. The number of benzene rings is 1. The zero-order chi connectivity index (χ0) is 11.5. The average Bonchev–Trinajstić information content (AvgIpc) is 2.14. The molecular formula is C8H8Cl2O4S. The molecule has 0 saturated heterocycles. The number of hydrogen-bond donors (Lipinski definition) is 1. The summed E-state index contributed by atoms with van der Waals surface area (Å²) in [6.07, 6.45) is 0. The van der Waals surface area contributed by atoms with Gasteiger partial charge >= 0.3 is 0 Å². The maximum Gasteiger partial charge on any atom is 0.298 e. The quantitative estimate of drug-likeness (QED) is 0.846. The van der Waals surface area contributed by atoms with Gasteiger partial charge in [0.1, 0.15) is 4.90 Å². The third kappa shape index (κ3) is 3.32. The van der Waals surface area contributed by atoms with Crippen LogP contribution in [0, 0.1) is 0 Å². The first kappa shape index (κ1) is 12.7. The highest BCUT2D eigenvalue weighted by molar-refractivity contribution is 7.86. The first-order chi connectivity index (χ1) is 6.97. The lowest BCUT2D eigenvalue weighted by atomic mass is 10.4. The molecule has 1 N–H and O–H groups in total.